The molecule has 0 heterocycles. The lowest BCUT2D eigenvalue weighted by Gasteiger charge is -2.29. The highest BCUT2D eigenvalue weighted by molar-refractivity contribution is 5.84. The predicted molar refractivity (Wildman–Crippen MR) is 102 cm³/mol. The van der Waals surface area contributed by atoms with Gasteiger partial charge in [-0.25, -0.2) is 4.79 Å². The molecule has 0 spiro atoms. The lowest BCUT2D eigenvalue weighted by Crippen LogP contribution is -2.46. The molecule has 1 unspecified atom stereocenters. The molecule has 0 rings (SSSR count). The molecular formula is C19H38N2O5. The van der Waals surface area contributed by atoms with Gasteiger partial charge >= 0.3 is 6.09 Å². The Morgan fingerprint density at radius 1 is 1.08 bits per heavy atom. The fraction of sp³-hybridized carbons (Fsp3) is 0.895. The highest BCUT2D eigenvalue weighted by atomic mass is 16.6. The Morgan fingerprint density at radius 3 is 2.23 bits per heavy atom. The molecule has 0 aliphatic carbocycles. The van der Waals surface area contributed by atoms with Gasteiger partial charge in [-0.05, 0) is 51.9 Å². The lowest BCUT2D eigenvalue weighted by atomic mass is 9.82. The zero-order valence-corrected chi connectivity index (χ0v) is 17.5. The monoisotopic (exact) mass is 374 g/mol. The van der Waals surface area contributed by atoms with Crippen molar-refractivity contribution in [1.82, 2.24) is 10.6 Å². The van der Waals surface area contributed by atoms with Crippen molar-refractivity contribution >= 4 is 12.0 Å². The SMILES string of the molecule is CC(CCNC(=O)C(C)(C)OC(C)C)CC(C)(C)CNC(=O)OCCO. The number of hydrogen-bond donors (Lipinski definition) is 3. The molecule has 0 radical (unpaired) electrons. The minimum atomic E-state index is -0.838. The number of rotatable bonds is 12. The second kappa shape index (κ2) is 11.4. The van der Waals surface area contributed by atoms with Crippen LogP contribution >= 0.6 is 0 Å². The third kappa shape index (κ3) is 11.3. The lowest BCUT2D eigenvalue weighted by molar-refractivity contribution is -0.147. The molecule has 1 atom stereocenters. The van der Waals surface area contributed by atoms with E-state index in [2.05, 4.69) is 31.4 Å². The Morgan fingerprint density at radius 2 is 1.69 bits per heavy atom. The van der Waals surface area contributed by atoms with Crippen molar-refractivity contribution in [3.63, 3.8) is 0 Å². The molecule has 7 heteroatoms. The molecule has 0 fully saturated rings. The summed E-state index contributed by atoms with van der Waals surface area (Å²) < 4.78 is 10.4. The van der Waals surface area contributed by atoms with Gasteiger partial charge in [0.1, 0.15) is 12.2 Å². The summed E-state index contributed by atoms with van der Waals surface area (Å²) in [6.45, 7) is 14.6. The highest BCUT2D eigenvalue weighted by Crippen LogP contribution is 2.26. The van der Waals surface area contributed by atoms with E-state index >= 15 is 0 Å². The molecule has 7 nitrogen and oxygen atoms in total. The van der Waals surface area contributed by atoms with E-state index in [1.54, 1.807) is 13.8 Å². The van der Waals surface area contributed by atoms with Crippen LogP contribution in [0.5, 0.6) is 0 Å². The minimum Gasteiger partial charge on any atom is -0.447 e. The highest BCUT2D eigenvalue weighted by Gasteiger charge is 2.29. The van der Waals surface area contributed by atoms with Gasteiger partial charge in [0.05, 0.1) is 12.7 Å². The Hall–Kier alpha value is -1.34. The number of carbonyl (C=O) groups is 2. The number of hydrogen-bond acceptors (Lipinski definition) is 5. The third-order valence-corrected chi connectivity index (χ3v) is 3.94. The molecule has 0 bridgehead atoms. The maximum atomic E-state index is 12.2. The average molecular weight is 375 g/mol. The van der Waals surface area contributed by atoms with Crippen LogP contribution in [0.4, 0.5) is 4.79 Å². The second-order valence-corrected chi connectivity index (χ2v) is 8.41. The van der Waals surface area contributed by atoms with Crippen LogP contribution in [-0.2, 0) is 14.3 Å². The number of alkyl carbamates (subject to hydrolysis) is 1. The van der Waals surface area contributed by atoms with Crippen molar-refractivity contribution in [2.45, 2.75) is 73.0 Å². The molecule has 0 saturated heterocycles. The van der Waals surface area contributed by atoms with Gasteiger partial charge < -0.3 is 25.2 Å². The van der Waals surface area contributed by atoms with E-state index in [1.807, 2.05) is 13.8 Å². The van der Waals surface area contributed by atoms with E-state index in [0.29, 0.717) is 19.0 Å². The molecule has 0 aromatic carbocycles. The molecule has 3 N–H and O–H groups in total. The Bertz CT molecular complexity index is 436. The van der Waals surface area contributed by atoms with E-state index in [-0.39, 0.29) is 30.6 Å². The normalized spacial score (nSPS) is 13.4. The maximum Gasteiger partial charge on any atom is 0.407 e. The van der Waals surface area contributed by atoms with Gasteiger partial charge in [0.15, 0.2) is 0 Å². The molecule has 0 aromatic heterocycles. The number of aliphatic hydroxyl groups is 1. The molecule has 2 amide bonds. The van der Waals surface area contributed by atoms with Gasteiger partial charge in [-0.1, -0.05) is 20.8 Å². The maximum absolute atomic E-state index is 12.2. The molecule has 0 aliphatic rings. The molecular weight excluding hydrogens is 336 g/mol. The number of amides is 2. The third-order valence-electron chi connectivity index (χ3n) is 3.94. The Balaban J connectivity index is 4.18. The van der Waals surface area contributed by atoms with E-state index in [9.17, 15) is 9.59 Å². The van der Waals surface area contributed by atoms with Gasteiger partial charge in [-0.2, -0.15) is 0 Å². The summed E-state index contributed by atoms with van der Waals surface area (Å²) in [4.78, 5) is 23.7. The summed E-state index contributed by atoms with van der Waals surface area (Å²) >= 11 is 0. The number of nitrogens with one attached hydrogen (secondary N) is 2. The summed E-state index contributed by atoms with van der Waals surface area (Å²) in [6.07, 6.45) is 1.23. The van der Waals surface area contributed by atoms with Crippen molar-refractivity contribution in [1.29, 1.82) is 0 Å². The smallest absolute Gasteiger partial charge is 0.407 e. The van der Waals surface area contributed by atoms with Crippen LogP contribution in [0, 0.1) is 11.3 Å². The first kappa shape index (κ1) is 24.7. The largest absolute Gasteiger partial charge is 0.447 e. The standard InChI is InChI=1S/C19H38N2O5/c1-14(2)26-19(6,7)16(23)20-9-8-15(3)12-18(4,5)13-21-17(24)25-11-10-22/h14-15,22H,8-13H2,1-7H3,(H,20,23)(H,21,24). The Labute approximate surface area is 158 Å². The van der Waals surface area contributed by atoms with Crippen LogP contribution in [-0.4, -0.2) is 55.1 Å². The quantitative estimate of drug-likeness (QED) is 0.488. The fourth-order valence-electron chi connectivity index (χ4n) is 2.91. The van der Waals surface area contributed by atoms with Crippen LogP contribution < -0.4 is 10.6 Å². The van der Waals surface area contributed by atoms with Crippen LogP contribution in [0.1, 0.15) is 61.3 Å². The zero-order chi connectivity index (χ0) is 20.4. The number of ether oxygens (including phenoxy) is 2. The van der Waals surface area contributed by atoms with Crippen molar-refractivity contribution in [2.75, 3.05) is 26.3 Å². The molecule has 26 heavy (non-hydrogen) atoms. The molecule has 0 saturated carbocycles. The summed E-state index contributed by atoms with van der Waals surface area (Å²) in [5.74, 6) is 0.278. The molecule has 0 aliphatic heterocycles. The summed E-state index contributed by atoms with van der Waals surface area (Å²) in [6, 6.07) is 0. The van der Waals surface area contributed by atoms with Crippen molar-refractivity contribution in [3.8, 4) is 0 Å². The van der Waals surface area contributed by atoms with Gasteiger partial charge in [0.2, 0.25) is 0 Å². The van der Waals surface area contributed by atoms with Crippen LogP contribution in [0.15, 0.2) is 0 Å². The van der Waals surface area contributed by atoms with Crippen molar-refractivity contribution in [3.05, 3.63) is 0 Å². The second-order valence-electron chi connectivity index (χ2n) is 8.41. The van der Waals surface area contributed by atoms with Gasteiger partial charge in [-0.3, -0.25) is 4.79 Å². The van der Waals surface area contributed by atoms with Gasteiger partial charge in [-0.15, -0.1) is 0 Å². The van der Waals surface area contributed by atoms with E-state index < -0.39 is 11.7 Å². The van der Waals surface area contributed by atoms with E-state index in [1.165, 1.54) is 0 Å². The predicted octanol–water partition coefficient (Wildman–Crippen LogP) is 2.47. The van der Waals surface area contributed by atoms with E-state index in [4.69, 9.17) is 14.6 Å². The number of aliphatic hydroxyl groups excluding tert-OH is 1. The topological polar surface area (TPSA) is 96.9 Å². The summed E-state index contributed by atoms with van der Waals surface area (Å²) in [5.41, 5.74) is -0.933. The van der Waals surface area contributed by atoms with E-state index in [0.717, 1.165) is 12.8 Å². The average Bonchev–Trinajstić information content (AvgIpc) is 2.49. The summed E-state index contributed by atoms with van der Waals surface area (Å²) in [7, 11) is 0. The van der Waals surface area contributed by atoms with Crippen molar-refractivity contribution in [2.24, 2.45) is 11.3 Å². The fourth-order valence-corrected chi connectivity index (χ4v) is 2.91. The first-order valence-electron chi connectivity index (χ1n) is 9.37. The molecule has 0 aromatic rings. The van der Waals surface area contributed by atoms with Crippen molar-refractivity contribution < 1.29 is 24.2 Å². The first-order valence-corrected chi connectivity index (χ1v) is 9.37. The van der Waals surface area contributed by atoms with Gasteiger partial charge in [0.25, 0.3) is 5.91 Å². The van der Waals surface area contributed by atoms with Crippen LogP contribution in [0.25, 0.3) is 0 Å². The zero-order valence-electron chi connectivity index (χ0n) is 17.5. The minimum absolute atomic E-state index is 0.000760. The summed E-state index contributed by atoms with van der Waals surface area (Å²) in [5, 5.41) is 14.3. The van der Waals surface area contributed by atoms with Crippen LogP contribution in [0.3, 0.4) is 0 Å². The van der Waals surface area contributed by atoms with Crippen LogP contribution in [0.2, 0.25) is 0 Å². The van der Waals surface area contributed by atoms with Gasteiger partial charge in [0, 0.05) is 13.1 Å². The Kier molecular flexibility index (Phi) is 10.8. The molecule has 154 valence electrons. The number of carbonyl (C=O) groups excluding carboxylic acids is 2. The first-order chi connectivity index (χ1) is 11.9.